The van der Waals surface area contributed by atoms with Crippen LogP contribution in [0.4, 0.5) is 11.5 Å². The number of anilines is 2. The average molecular weight is 476 g/mol. The summed E-state index contributed by atoms with van der Waals surface area (Å²) in [4.78, 5) is 42.1. The van der Waals surface area contributed by atoms with Crippen molar-refractivity contribution in [3.63, 3.8) is 0 Å². The van der Waals surface area contributed by atoms with Gasteiger partial charge in [0.15, 0.2) is 0 Å². The van der Waals surface area contributed by atoms with Crippen LogP contribution in [0.25, 0.3) is 16.4 Å². The number of rotatable bonds is 5. The second-order valence-corrected chi connectivity index (χ2v) is 10.0. The highest BCUT2D eigenvalue weighted by Gasteiger charge is 2.33. The molecule has 1 amide bonds. The minimum Gasteiger partial charge on any atom is -0.492 e. The first-order valence-electron chi connectivity index (χ1n) is 11.8. The van der Waals surface area contributed by atoms with Gasteiger partial charge in [-0.05, 0) is 37.8 Å². The molecule has 2 aromatic heterocycles. The Hall–Kier alpha value is -3.33. The fourth-order valence-electron chi connectivity index (χ4n) is 5.02. The maximum Gasteiger partial charge on any atom is 0.226 e. The van der Waals surface area contributed by atoms with E-state index in [1.807, 2.05) is 30.2 Å². The second-order valence-electron chi connectivity index (χ2n) is 8.93. The molecule has 174 valence electrons. The minimum atomic E-state index is -0.0325. The Morgan fingerprint density at radius 3 is 2.85 bits per heavy atom. The lowest BCUT2D eigenvalue weighted by atomic mass is 9.86. The molecule has 9 heteroatoms. The van der Waals surface area contributed by atoms with E-state index in [0.29, 0.717) is 32.5 Å². The number of aryl methyl sites for hydroxylation is 1. The lowest BCUT2D eigenvalue weighted by Gasteiger charge is -2.31. The van der Waals surface area contributed by atoms with Crippen LogP contribution < -0.4 is 20.6 Å². The van der Waals surface area contributed by atoms with Gasteiger partial charge in [0.25, 0.3) is 0 Å². The summed E-state index contributed by atoms with van der Waals surface area (Å²) in [6, 6.07) is 3.99. The zero-order valence-corrected chi connectivity index (χ0v) is 19.8. The van der Waals surface area contributed by atoms with Crippen molar-refractivity contribution in [2.45, 2.75) is 39.0 Å². The number of likely N-dealkylation sites (tertiary alicyclic amines) is 1. The number of hydrogen-bond acceptors (Lipinski definition) is 8. The number of ketones is 1. The minimum absolute atomic E-state index is 0.0325. The third-order valence-electron chi connectivity index (χ3n) is 6.85. The fourth-order valence-corrected chi connectivity index (χ4v) is 6.29. The first-order chi connectivity index (χ1) is 16.6. The summed E-state index contributed by atoms with van der Waals surface area (Å²) in [7, 11) is 0. The van der Waals surface area contributed by atoms with Gasteiger partial charge in [-0.3, -0.25) is 14.6 Å². The lowest BCUT2D eigenvalue weighted by molar-refractivity contribution is -0.138. The molecule has 34 heavy (non-hydrogen) atoms. The molecular formula is C25H25N5O3S. The Kier molecular flexibility index (Phi) is 5.28. The molecule has 0 spiro atoms. The van der Waals surface area contributed by atoms with E-state index in [1.54, 1.807) is 17.7 Å². The molecule has 1 saturated heterocycles. The molecule has 6 rings (SSSR count). The topological polar surface area (TPSA) is 96.8 Å². The zero-order valence-electron chi connectivity index (χ0n) is 19.0. The smallest absolute Gasteiger partial charge is 0.226 e. The maximum absolute atomic E-state index is 13.1. The monoisotopic (exact) mass is 475 g/mol. The van der Waals surface area contributed by atoms with Crippen LogP contribution in [0.3, 0.4) is 0 Å². The van der Waals surface area contributed by atoms with E-state index >= 15 is 0 Å². The highest BCUT2D eigenvalue weighted by atomic mass is 32.1. The van der Waals surface area contributed by atoms with Gasteiger partial charge in [0.05, 0.1) is 23.0 Å². The molecule has 0 saturated carbocycles. The number of fused-ring (bicyclic) bond motifs is 4. The van der Waals surface area contributed by atoms with Gasteiger partial charge < -0.3 is 15.0 Å². The van der Waals surface area contributed by atoms with Crippen LogP contribution in [0, 0.1) is 5.92 Å². The van der Waals surface area contributed by atoms with Crippen LogP contribution in [0.5, 0.6) is 5.75 Å². The van der Waals surface area contributed by atoms with Crippen LogP contribution in [0.1, 0.15) is 36.6 Å². The number of ether oxygens (including phenoxy) is 1. The number of aromatic nitrogens is 2. The predicted molar refractivity (Wildman–Crippen MR) is 130 cm³/mol. The van der Waals surface area contributed by atoms with E-state index in [9.17, 15) is 9.59 Å². The molecule has 1 aromatic carbocycles. The molecule has 1 aliphatic carbocycles. The number of carbonyl (C=O) groups excluding carboxylic acids is 2. The molecule has 0 bridgehead atoms. The van der Waals surface area contributed by atoms with Crippen molar-refractivity contribution in [3.05, 3.63) is 39.5 Å². The summed E-state index contributed by atoms with van der Waals surface area (Å²) in [6.45, 7) is 3.64. The van der Waals surface area contributed by atoms with E-state index in [0.717, 1.165) is 57.3 Å². The summed E-state index contributed by atoms with van der Waals surface area (Å²) in [5, 5.41) is 6.54. The Bertz CT molecular complexity index is 1440. The van der Waals surface area contributed by atoms with Crippen molar-refractivity contribution in [2.24, 2.45) is 10.9 Å². The number of nitrogens with one attached hydrogen (secondary N) is 1. The van der Waals surface area contributed by atoms with Gasteiger partial charge in [-0.25, -0.2) is 9.97 Å². The summed E-state index contributed by atoms with van der Waals surface area (Å²) in [5.74, 6) is 1.92. The Morgan fingerprint density at radius 1 is 1.24 bits per heavy atom. The highest BCUT2D eigenvalue weighted by molar-refractivity contribution is 7.19. The van der Waals surface area contributed by atoms with Crippen LogP contribution in [-0.4, -0.2) is 46.3 Å². The number of hydrogen-bond donors (Lipinski definition) is 1. The van der Waals surface area contributed by atoms with Crippen molar-refractivity contribution in [2.75, 3.05) is 25.0 Å². The van der Waals surface area contributed by atoms with Crippen LogP contribution in [-0.2, 0) is 22.4 Å². The summed E-state index contributed by atoms with van der Waals surface area (Å²) < 4.78 is 5.85. The SMILES string of the molecule is CCOc1cc2c(cc1Nc1ncnc3sc4c(c13)CCC(C(=O)N1CCC(=O)CC1)C4)=CN=2. The predicted octanol–water partition coefficient (Wildman–Crippen LogP) is 2.50. The quantitative estimate of drug-likeness (QED) is 0.609. The lowest BCUT2D eigenvalue weighted by Crippen LogP contribution is -2.43. The van der Waals surface area contributed by atoms with Crippen LogP contribution in [0.2, 0.25) is 0 Å². The third kappa shape index (κ3) is 3.64. The molecule has 4 heterocycles. The molecule has 1 fully saturated rings. The number of Topliss-reactive ketones (excluding diaryl/α,β-unsaturated/α-hetero) is 1. The van der Waals surface area contributed by atoms with Gasteiger partial charge in [0.2, 0.25) is 5.91 Å². The van der Waals surface area contributed by atoms with Crippen molar-refractivity contribution in [1.82, 2.24) is 14.9 Å². The first-order valence-corrected chi connectivity index (χ1v) is 12.6. The Balaban J connectivity index is 1.30. The summed E-state index contributed by atoms with van der Waals surface area (Å²) >= 11 is 1.66. The number of piperidine rings is 1. The molecule has 1 atom stereocenters. The number of amides is 1. The number of carbonyl (C=O) groups is 2. The summed E-state index contributed by atoms with van der Waals surface area (Å²) in [5.41, 5.74) is 2.10. The van der Waals surface area contributed by atoms with Gasteiger partial charge in [-0.1, -0.05) is 0 Å². The van der Waals surface area contributed by atoms with Crippen molar-refractivity contribution >= 4 is 50.9 Å². The van der Waals surface area contributed by atoms with Gasteiger partial charge in [0, 0.05) is 54.2 Å². The number of nitrogens with zero attached hydrogens (tertiary/aromatic N) is 4. The average Bonchev–Trinajstić information content (AvgIpc) is 3.21. The van der Waals surface area contributed by atoms with Gasteiger partial charge >= 0.3 is 0 Å². The van der Waals surface area contributed by atoms with E-state index in [1.165, 1.54) is 10.4 Å². The Labute approximate surface area is 200 Å². The van der Waals surface area contributed by atoms with Gasteiger partial charge in [0.1, 0.15) is 28.5 Å². The van der Waals surface area contributed by atoms with Gasteiger partial charge in [-0.2, -0.15) is 0 Å². The Morgan fingerprint density at radius 2 is 2.09 bits per heavy atom. The van der Waals surface area contributed by atoms with E-state index in [-0.39, 0.29) is 17.6 Å². The van der Waals surface area contributed by atoms with E-state index < -0.39 is 0 Å². The van der Waals surface area contributed by atoms with Crippen LogP contribution in [0.15, 0.2) is 23.5 Å². The first kappa shape index (κ1) is 21.2. The fraction of sp³-hybridized carbons (Fsp3) is 0.400. The van der Waals surface area contributed by atoms with Crippen molar-refractivity contribution < 1.29 is 14.3 Å². The third-order valence-corrected chi connectivity index (χ3v) is 8.01. The molecule has 3 aromatic rings. The largest absolute Gasteiger partial charge is 0.492 e. The van der Waals surface area contributed by atoms with Crippen LogP contribution >= 0.6 is 11.3 Å². The molecule has 0 radical (unpaired) electrons. The molecule has 2 aliphatic heterocycles. The standard InChI is InChI=1S/C25H25N5O3S/c1-2-33-20-11-18-15(12-26-18)9-19(20)29-23-22-17-4-3-14(10-21(17)34-24(22)28-13-27-23)25(32)30-7-5-16(31)6-8-30/h9,11-14H,2-8,10H2,1H3,(H,27,28,29). The highest BCUT2D eigenvalue weighted by Crippen LogP contribution is 2.41. The van der Waals surface area contributed by atoms with Crippen molar-refractivity contribution in [3.8, 4) is 5.75 Å². The van der Waals surface area contributed by atoms with E-state index in [4.69, 9.17) is 4.74 Å². The summed E-state index contributed by atoms with van der Waals surface area (Å²) in [6.07, 6.45) is 6.73. The molecule has 3 aliphatic rings. The molecular weight excluding hydrogens is 450 g/mol. The van der Waals surface area contributed by atoms with Crippen molar-refractivity contribution in [1.29, 1.82) is 0 Å². The zero-order chi connectivity index (χ0) is 23.2. The number of benzene rings is 1. The van der Waals surface area contributed by atoms with Gasteiger partial charge in [-0.15, -0.1) is 11.3 Å². The second kappa shape index (κ2) is 8.47. The molecule has 1 unspecified atom stereocenters. The maximum atomic E-state index is 13.1. The molecule has 8 nitrogen and oxygen atoms in total. The van der Waals surface area contributed by atoms with E-state index in [2.05, 4.69) is 20.3 Å². The normalized spacial score (nSPS) is 18.9. The molecule has 1 N–H and O–H groups in total. The number of thiophene rings is 1.